The Labute approximate surface area is 98.0 Å². The highest BCUT2D eigenvalue weighted by atomic mass is 79.9. The third kappa shape index (κ3) is 2.46. The predicted molar refractivity (Wildman–Crippen MR) is 62.6 cm³/mol. The van der Waals surface area contributed by atoms with Crippen LogP contribution in [0.5, 0.6) is 0 Å². The van der Waals surface area contributed by atoms with Crippen molar-refractivity contribution in [1.29, 1.82) is 0 Å². The smallest absolute Gasteiger partial charge is 0.186 e. The zero-order valence-electron chi connectivity index (χ0n) is 9.20. The second kappa shape index (κ2) is 4.90. The maximum absolute atomic E-state index is 12.1. The van der Waals surface area contributed by atoms with E-state index < -0.39 is 0 Å². The molecule has 0 spiro atoms. The molecule has 1 rings (SSSR count). The van der Waals surface area contributed by atoms with E-state index in [0.29, 0.717) is 12.2 Å². The summed E-state index contributed by atoms with van der Waals surface area (Å²) in [6.45, 7) is 4.37. The average molecular weight is 274 g/mol. The van der Waals surface area contributed by atoms with Crippen LogP contribution in [-0.4, -0.2) is 22.1 Å². The van der Waals surface area contributed by atoms with Gasteiger partial charge in [-0.25, -0.2) is 0 Å². The number of Topliss-reactive ketones (excluding diaryl/α,β-unsaturated/α-hetero) is 1. The Bertz CT molecular complexity index is 340. The second-order valence-corrected chi connectivity index (χ2v) is 4.77. The number of nitrogens with zero attached hydrogens (tertiary/aromatic N) is 2. The molecular weight excluding hydrogens is 258 g/mol. The van der Waals surface area contributed by atoms with Crippen LogP contribution < -0.4 is 5.73 Å². The van der Waals surface area contributed by atoms with Crippen LogP contribution in [0.3, 0.4) is 0 Å². The van der Waals surface area contributed by atoms with Crippen molar-refractivity contribution in [2.24, 2.45) is 24.6 Å². The normalized spacial score (nSPS) is 13.2. The summed E-state index contributed by atoms with van der Waals surface area (Å²) in [5.41, 5.74) is 6.21. The van der Waals surface area contributed by atoms with Crippen LogP contribution in [0, 0.1) is 11.8 Å². The number of carbonyl (C=O) groups excluding carboxylic acids is 1. The molecule has 0 saturated carbocycles. The van der Waals surface area contributed by atoms with Crippen molar-refractivity contribution in [2.45, 2.75) is 13.8 Å². The van der Waals surface area contributed by atoms with E-state index in [0.717, 1.165) is 4.47 Å². The number of carbonyl (C=O) groups is 1. The number of hydrogen-bond donors (Lipinski definition) is 1. The molecule has 0 aliphatic rings. The maximum Gasteiger partial charge on any atom is 0.186 e. The molecular formula is C10H16BrN3O. The third-order valence-corrected chi connectivity index (χ3v) is 3.10. The van der Waals surface area contributed by atoms with Crippen LogP contribution in [0.25, 0.3) is 0 Å². The van der Waals surface area contributed by atoms with Gasteiger partial charge in [0.2, 0.25) is 0 Å². The number of aryl methyl sites for hydroxylation is 1. The lowest BCUT2D eigenvalue weighted by Crippen LogP contribution is -2.30. The van der Waals surface area contributed by atoms with Gasteiger partial charge in [0.1, 0.15) is 5.69 Å². The van der Waals surface area contributed by atoms with Gasteiger partial charge < -0.3 is 5.73 Å². The van der Waals surface area contributed by atoms with Crippen LogP contribution in [0.4, 0.5) is 0 Å². The van der Waals surface area contributed by atoms with Gasteiger partial charge in [-0.3, -0.25) is 9.48 Å². The third-order valence-electron chi connectivity index (χ3n) is 2.52. The molecule has 0 aliphatic carbocycles. The molecule has 84 valence electrons. The van der Waals surface area contributed by atoms with Crippen molar-refractivity contribution in [1.82, 2.24) is 9.78 Å². The monoisotopic (exact) mass is 273 g/mol. The van der Waals surface area contributed by atoms with Gasteiger partial charge in [0.25, 0.3) is 0 Å². The predicted octanol–water partition coefficient (Wildman–Crippen LogP) is 1.60. The van der Waals surface area contributed by atoms with E-state index in [-0.39, 0.29) is 17.6 Å². The molecule has 4 nitrogen and oxygen atoms in total. The number of nitrogens with two attached hydrogens (primary N) is 1. The van der Waals surface area contributed by atoms with Crippen molar-refractivity contribution in [3.63, 3.8) is 0 Å². The maximum atomic E-state index is 12.1. The van der Waals surface area contributed by atoms with E-state index in [9.17, 15) is 4.79 Å². The summed E-state index contributed by atoms with van der Waals surface area (Å²) < 4.78 is 2.31. The van der Waals surface area contributed by atoms with Gasteiger partial charge >= 0.3 is 0 Å². The Morgan fingerprint density at radius 2 is 2.27 bits per heavy atom. The van der Waals surface area contributed by atoms with Gasteiger partial charge in [-0.2, -0.15) is 5.10 Å². The molecule has 0 bridgehead atoms. The number of aromatic nitrogens is 2. The van der Waals surface area contributed by atoms with Crippen LogP contribution in [0.15, 0.2) is 10.7 Å². The Hall–Kier alpha value is -0.680. The fourth-order valence-electron chi connectivity index (χ4n) is 1.55. The minimum absolute atomic E-state index is 0.0550. The molecule has 15 heavy (non-hydrogen) atoms. The molecule has 2 N–H and O–H groups in total. The minimum atomic E-state index is -0.142. The van der Waals surface area contributed by atoms with Crippen molar-refractivity contribution in [3.8, 4) is 0 Å². The molecule has 1 unspecified atom stereocenters. The summed E-state index contributed by atoms with van der Waals surface area (Å²) in [5, 5.41) is 4.02. The van der Waals surface area contributed by atoms with Gasteiger partial charge in [0.15, 0.2) is 5.78 Å². The molecule has 1 heterocycles. The molecule has 1 aromatic rings. The quantitative estimate of drug-likeness (QED) is 0.848. The Morgan fingerprint density at radius 1 is 1.67 bits per heavy atom. The van der Waals surface area contributed by atoms with Crippen LogP contribution in [0.2, 0.25) is 0 Å². The summed E-state index contributed by atoms with van der Waals surface area (Å²) in [6.07, 6.45) is 1.63. The summed E-state index contributed by atoms with van der Waals surface area (Å²) in [4.78, 5) is 12.1. The summed E-state index contributed by atoms with van der Waals surface area (Å²) >= 11 is 3.32. The lowest BCUT2D eigenvalue weighted by molar-refractivity contribution is 0.0881. The number of rotatable bonds is 4. The van der Waals surface area contributed by atoms with Crippen LogP contribution >= 0.6 is 15.9 Å². The first-order valence-electron chi connectivity index (χ1n) is 4.90. The van der Waals surface area contributed by atoms with E-state index in [1.165, 1.54) is 0 Å². The van der Waals surface area contributed by atoms with Crippen molar-refractivity contribution in [2.75, 3.05) is 6.54 Å². The zero-order chi connectivity index (χ0) is 11.6. The van der Waals surface area contributed by atoms with E-state index in [1.807, 2.05) is 13.8 Å². The summed E-state index contributed by atoms with van der Waals surface area (Å²) in [6, 6.07) is 0. The standard InChI is InChI=1S/C10H16BrN3O/c1-6(2)7(4-12)10(15)9-8(11)5-13-14(9)3/h5-7H,4,12H2,1-3H3. The number of halogens is 1. The minimum Gasteiger partial charge on any atom is -0.330 e. The first-order chi connectivity index (χ1) is 6.99. The molecule has 0 fully saturated rings. The number of hydrogen-bond acceptors (Lipinski definition) is 3. The fraction of sp³-hybridized carbons (Fsp3) is 0.600. The average Bonchev–Trinajstić information content (AvgIpc) is 2.46. The van der Waals surface area contributed by atoms with Crippen LogP contribution in [0.1, 0.15) is 24.3 Å². The van der Waals surface area contributed by atoms with Gasteiger partial charge in [-0.1, -0.05) is 13.8 Å². The molecule has 5 heteroatoms. The summed E-state index contributed by atoms with van der Waals surface area (Å²) in [7, 11) is 1.76. The van der Waals surface area contributed by atoms with Gasteiger partial charge in [0, 0.05) is 19.5 Å². The Kier molecular flexibility index (Phi) is 4.04. The molecule has 0 saturated heterocycles. The highest BCUT2D eigenvalue weighted by Gasteiger charge is 2.26. The molecule has 0 amide bonds. The van der Waals surface area contributed by atoms with E-state index >= 15 is 0 Å². The Morgan fingerprint density at radius 3 is 2.60 bits per heavy atom. The lowest BCUT2D eigenvalue weighted by atomic mass is 9.90. The van der Waals surface area contributed by atoms with E-state index in [2.05, 4.69) is 21.0 Å². The SMILES string of the molecule is CC(C)C(CN)C(=O)c1c(Br)cnn1C. The van der Waals surface area contributed by atoms with Crippen molar-refractivity contribution in [3.05, 3.63) is 16.4 Å². The lowest BCUT2D eigenvalue weighted by Gasteiger charge is -2.17. The van der Waals surface area contributed by atoms with Crippen molar-refractivity contribution < 1.29 is 4.79 Å². The molecule has 0 radical (unpaired) electrons. The molecule has 1 aromatic heterocycles. The highest BCUT2D eigenvalue weighted by molar-refractivity contribution is 9.10. The van der Waals surface area contributed by atoms with E-state index in [1.54, 1.807) is 17.9 Å². The number of ketones is 1. The molecule has 1 atom stereocenters. The first-order valence-corrected chi connectivity index (χ1v) is 5.70. The van der Waals surface area contributed by atoms with Gasteiger partial charge in [-0.05, 0) is 21.8 Å². The zero-order valence-corrected chi connectivity index (χ0v) is 10.8. The van der Waals surface area contributed by atoms with Crippen LogP contribution in [-0.2, 0) is 7.05 Å². The van der Waals surface area contributed by atoms with Gasteiger partial charge in [0.05, 0.1) is 10.7 Å². The highest BCUT2D eigenvalue weighted by Crippen LogP contribution is 2.22. The summed E-state index contributed by atoms with van der Waals surface area (Å²) in [5.74, 6) is 0.153. The van der Waals surface area contributed by atoms with Crippen molar-refractivity contribution >= 4 is 21.7 Å². The topological polar surface area (TPSA) is 60.9 Å². The van der Waals surface area contributed by atoms with Gasteiger partial charge in [-0.15, -0.1) is 0 Å². The second-order valence-electron chi connectivity index (χ2n) is 3.92. The van der Waals surface area contributed by atoms with E-state index in [4.69, 9.17) is 5.73 Å². The molecule has 0 aromatic carbocycles. The Balaban J connectivity index is 3.03. The molecule has 0 aliphatic heterocycles. The largest absolute Gasteiger partial charge is 0.330 e. The first kappa shape index (κ1) is 12.4. The fourth-order valence-corrected chi connectivity index (χ4v) is 2.09.